The first-order valence-electron chi connectivity index (χ1n) is 5.85. The zero-order valence-electron chi connectivity index (χ0n) is 10.4. The highest BCUT2D eigenvalue weighted by Gasteiger charge is 2.18. The number of sulfone groups is 1. The van der Waals surface area contributed by atoms with E-state index in [0.717, 1.165) is 10.5 Å². The summed E-state index contributed by atoms with van der Waals surface area (Å²) < 4.78 is 43.6. The van der Waals surface area contributed by atoms with E-state index in [1.54, 1.807) is 18.2 Å². The van der Waals surface area contributed by atoms with Crippen LogP contribution in [0.2, 0.25) is 0 Å². The van der Waals surface area contributed by atoms with Crippen molar-refractivity contribution in [3.63, 3.8) is 0 Å². The molecule has 20 heavy (non-hydrogen) atoms. The SMILES string of the molecule is O=S(=O)(CCOc1cccc(Br)c1)c1ccccc1F. The van der Waals surface area contributed by atoms with Crippen molar-refractivity contribution in [3.8, 4) is 5.75 Å². The molecule has 0 spiro atoms. The molecule has 0 bridgehead atoms. The van der Waals surface area contributed by atoms with E-state index < -0.39 is 15.7 Å². The third kappa shape index (κ3) is 3.80. The molecule has 3 nitrogen and oxygen atoms in total. The van der Waals surface area contributed by atoms with Crippen LogP contribution in [0.15, 0.2) is 57.9 Å². The van der Waals surface area contributed by atoms with Gasteiger partial charge in [-0.25, -0.2) is 12.8 Å². The summed E-state index contributed by atoms with van der Waals surface area (Å²) in [6.07, 6.45) is 0. The molecule has 0 saturated heterocycles. The van der Waals surface area contributed by atoms with Crippen LogP contribution >= 0.6 is 15.9 Å². The van der Waals surface area contributed by atoms with Gasteiger partial charge in [0.15, 0.2) is 9.84 Å². The average molecular weight is 359 g/mol. The smallest absolute Gasteiger partial charge is 0.184 e. The minimum absolute atomic E-state index is 0.0346. The molecular formula is C14H12BrFO3S. The number of benzene rings is 2. The average Bonchev–Trinajstić information content (AvgIpc) is 2.39. The number of hydrogen-bond acceptors (Lipinski definition) is 3. The maximum absolute atomic E-state index is 13.5. The van der Waals surface area contributed by atoms with E-state index in [9.17, 15) is 12.8 Å². The fourth-order valence-corrected chi connectivity index (χ4v) is 3.18. The number of halogens is 2. The van der Waals surface area contributed by atoms with Gasteiger partial charge in [-0.15, -0.1) is 0 Å². The molecule has 6 heteroatoms. The maximum Gasteiger partial charge on any atom is 0.184 e. The van der Waals surface area contributed by atoms with Crippen molar-refractivity contribution >= 4 is 25.8 Å². The molecule has 2 aromatic carbocycles. The molecule has 0 aliphatic rings. The number of hydrogen-bond donors (Lipinski definition) is 0. The second kappa shape index (κ2) is 6.37. The Morgan fingerprint density at radius 1 is 1.10 bits per heavy atom. The summed E-state index contributed by atoms with van der Waals surface area (Å²) in [5, 5.41) is 0. The highest BCUT2D eigenvalue weighted by Crippen LogP contribution is 2.19. The number of rotatable bonds is 5. The quantitative estimate of drug-likeness (QED) is 0.822. The molecule has 0 unspecified atom stereocenters. The molecule has 0 atom stereocenters. The van der Waals surface area contributed by atoms with Gasteiger partial charge < -0.3 is 4.74 Å². The topological polar surface area (TPSA) is 43.4 Å². The van der Waals surface area contributed by atoms with Crippen LogP contribution in [0.4, 0.5) is 4.39 Å². The predicted octanol–water partition coefficient (Wildman–Crippen LogP) is 3.44. The van der Waals surface area contributed by atoms with Gasteiger partial charge in [0, 0.05) is 4.47 Å². The Balaban J connectivity index is 2.02. The Bertz CT molecular complexity index is 701. The fraction of sp³-hybridized carbons (Fsp3) is 0.143. The maximum atomic E-state index is 13.5. The van der Waals surface area contributed by atoms with E-state index in [1.165, 1.54) is 18.2 Å². The summed E-state index contributed by atoms with van der Waals surface area (Å²) in [6, 6.07) is 12.4. The summed E-state index contributed by atoms with van der Waals surface area (Å²) in [4.78, 5) is -0.294. The van der Waals surface area contributed by atoms with Gasteiger partial charge in [0.2, 0.25) is 0 Å². The minimum atomic E-state index is -3.68. The largest absolute Gasteiger partial charge is 0.492 e. The Morgan fingerprint density at radius 2 is 1.85 bits per heavy atom. The molecule has 0 heterocycles. The van der Waals surface area contributed by atoms with Gasteiger partial charge in [-0.1, -0.05) is 34.1 Å². The van der Waals surface area contributed by atoms with Crippen LogP contribution in [0, 0.1) is 5.82 Å². The molecule has 0 radical (unpaired) electrons. The van der Waals surface area contributed by atoms with E-state index in [1.807, 2.05) is 6.07 Å². The molecule has 0 aliphatic heterocycles. The number of ether oxygens (including phenoxy) is 1. The van der Waals surface area contributed by atoms with Gasteiger partial charge in [0.25, 0.3) is 0 Å². The van der Waals surface area contributed by atoms with Crippen molar-refractivity contribution in [2.24, 2.45) is 0 Å². The molecule has 0 saturated carbocycles. The van der Waals surface area contributed by atoms with Crippen LogP contribution in [0.1, 0.15) is 0 Å². The highest BCUT2D eigenvalue weighted by atomic mass is 79.9. The van der Waals surface area contributed by atoms with E-state index in [2.05, 4.69) is 15.9 Å². The van der Waals surface area contributed by atoms with Crippen LogP contribution in [-0.2, 0) is 9.84 Å². The monoisotopic (exact) mass is 358 g/mol. The summed E-state index contributed by atoms with van der Waals surface area (Å²) in [7, 11) is -3.68. The van der Waals surface area contributed by atoms with Gasteiger partial charge in [0.1, 0.15) is 23.1 Å². The highest BCUT2D eigenvalue weighted by molar-refractivity contribution is 9.10. The van der Waals surface area contributed by atoms with Crippen molar-refractivity contribution in [3.05, 3.63) is 58.8 Å². The lowest BCUT2D eigenvalue weighted by atomic mass is 10.3. The van der Waals surface area contributed by atoms with Gasteiger partial charge in [-0.2, -0.15) is 0 Å². The fourth-order valence-electron chi connectivity index (χ4n) is 1.63. The molecule has 0 N–H and O–H groups in total. The third-order valence-electron chi connectivity index (χ3n) is 2.59. The summed E-state index contributed by atoms with van der Waals surface area (Å²) in [5.41, 5.74) is 0. The van der Waals surface area contributed by atoms with Gasteiger partial charge in [0.05, 0.1) is 5.75 Å². The van der Waals surface area contributed by atoms with Crippen molar-refractivity contribution < 1.29 is 17.5 Å². The molecular weight excluding hydrogens is 347 g/mol. The molecule has 2 aromatic rings. The lowest BCUT2D eigenvalue weighted by Crippen LogP contribution is -2.15. The zero-order chi connectivity index (χ0) is 14.6. The Hall–Kier alpha value is -1.40. The molecule has 0 aromatic heterocycles. The van der Waals surface area contributed by atoms with Crippen LogP contribution in [-0.4, -0.2) is 20.8 Å². The first-order chi connectivity index (χ1) is 9.49. The third-order valence-corrected chi connectivity index (χ3v) is 4.79. The lowest BCUT2D eigenvalue weighted by Gasteiger charge is -2.08. The van der Waals surface area contributed by atoms with E-state index in [4.69, 9.17) is 4.74 Å². The minimum Gasteiger partial charge on any atom is -0.492 e. The van der Waals surface area contributed by atoms with Gasteiger partial charge in [-0.05, 0) is 30.3 Å². The predicted molar refractivity (Wildman–Crippen MR) is 78.1 cm³/mol. The Morgan fingerprint density at radius 3 is 2.55 bits per heavy atom. The molecule has 106 valence electrons. The molecule has 0 fully saturated rings. The van der Waals surface area contributed by atoms with Gasteiger partial charge >= 0.3 is 0 Å². The first-order valence-corrected chi connectivity index (χ1v) is 8.29. The van der Waals surface area contributed by atoms with Crippen molar-refractivity contribution in [2.75, 3.05) is 12.4 Å². The molecule has 0 amide bonds. The first kappa shape index (κ1) is 15.0. The Kier molecular flexibility index (Phi) is 4.77. The van der Waals surface area contributed by atoms with Crippen LogP contribution in [0.25, 0.3) is 0 Å². The lowest BCUT2D eigenvalue weighted by molar-refractivity contribution is 0.340. The summed E-state index contributed by atoms with van der Waals surface area (Å²) in [6.45, 7) is -0.0346. The second-order valence-corrected chi connectivity index (χ2v) is 7.05. The van der Waals surface area contributed by atoms with Gasteiger partial charge in [-0.3, -0.25) is 0 Å². The standard InChI is InChI=1S/C14H12BrFO3S/c15-11-4-3-5-12(10-11)19-8-9-20(17,18)14-7-2-1-6-13(14)16/h1-7,10H,8-9H2. The van der Waals surface area contributed by atoms with Crippen LogP contribution in [0.5, 0.6) is 5.75 Å². The van der Waals surface area contributed by atoms with Crippen molar-refractivity contribution in [1.29, 1.82) is 0 Å². The molecule has 0 aliphatic carbocycles. The Labute approximate surface area is 125 Å². The van der Waals surface area contributed by atoms with Crippen LogP contribution < -0.4 is 4.74 Å². The summed E-state index contributed by atoms with van der Waals surface area (Å²) in [5.74, 6) is -0.460. The van der Waals surface area contributed by atoms with E-state index >= 15 is 0 Å². The zero-order valence-corrected chi connectivity index (χ0v) is 12.8. The van der Waals surface area contributed by atoms with E-state index in [0.29, 0.717) is 5.75 Å². The normalized spacial score (nSPS) is 11.3. The second-order valence-electron chi connectivity index (χ2n) is 4.06. The summed E-state index contributed by atoms with van der Waals surface area (Å²) >= 11 is 3.29. The molecule has 2 rings (SSSR count). The van der Waals surface area contributed by atoms with Crippen molar-refractivity contribution in [2.45, 2.75) is 4.90 Å². The van der Waals surface area contributed by atoms with Crippen molar-refractivity contribution in [1.82, 2.24) is 0 Å². The van der Waals surface area contributed by atoms with Crippen LogP contribution in [0.3, 0.4) is 0 Å². The van der Waals surface area contributed by atoms with E-state index in [-0.39, 0.29) is 17.3 Å².